The van der Waals surface area contributed by atoms with Crippen LogP contribution >= 0.6 is 0 Å². The number of allylic oxidation sites excluding steroid dienone is 1. The van der Waals surface area contributed by atoms with Gasteiger partial charge in [0.2, 0.25) is 0 Å². The van der Waals surface area contributed by atoms with Gasteiger partial charge in [-0.2, -0.15) is 0 Å². The molecule has 1 aliphatic carbocycles. The summed E-state index contributed by atoms with van der Waals surface area (Å²) in [4.78, 5) is 12.7. The Labute approximate surface area is 186 Å². The van der Waals surface area contributed by atoms with Crippen LogP contribution in [-0.4, -0.2) is 36.9 Å². The van der Waals surface area contributed by atoms with Crippen molar-refractivity contribution in [1.29, 1.82) is 0 Å². The molecule has 168 valence electrons. The number of methoxy groups -OCH3 is 1. The van der Waals surface area contributed by atoms with Gasteiger partial charge < -0.3 is 24.8 Å². The summed E-state index contributed by atoms with van der Waals surface area (Å²) in [5.41, 5.74) is 1.90. The van der Waals surface area contributed by atoms with E-state index in [9.17, 15) is 4.79 Å². The molecule has 0 bridgehead atoms. The summed E-state index contributed by atoms with van der Waals surface area (Å²) in [5, 5.41) is 6.59. The van der Waals surface area contributed by atoms with E-state index < -0.39 is 17.2 Å². The van der Waals surface area contributed by atoms with Gasteiger partial charge in [-0.15, -0.1) is 5.92 Å². The molecule has 1 atom stereocenters. The first kappa shape index (κ1) is 24.2. The minimum Gasteiger partial charge on any atom is -0.481 e. The summed E-state index contributed by atoms with van der Waals surface area (Å²) in [6, 6.07) is 5.23. The lowest BCUT2D eigenvalue weighted by molar-refractivity contribution is -0.144. The van der Waals surface area contributed by atoms with Crippen molar-refractivity contribution in [2.45, 2.75) is 65.1 Å². The van der Waals surface area contributed by atoms with Gasteiger partial charge in [-0.25, -0.2) is 4.79 Å². The minimum atomic E-state index is -0.735. The van der Waals surface area contributed by atoms with Gasteiger partial charge in [0.25, 0.3) is 0 Å². The van der Waals surface area contributed by atoms with E-state index in [4.69, 9.17) is 14.2 Å². The fraction of sp³-hybridized carbons (Fsp3) is 0.480. The highest BCUT2D eigenvalue weighted by Crippen LogP contribution is 2.30. The maximum atomic E-state index is 12.7. The first-order valence-corrected chi connectivity index (χ1v) is 10.3. The summed E-state index contributed by atoms with van der Waals surface area (Å²) in [6.45, 7) is 15.7. The van der Waals surface area contributed by atoms with Crippen LogP contribution in [0.2, 0.25) is 0 Å². The third-order valence-electron chi connectivity index (χ3n) is 4.73. The molecule has 0 radical (unpaired) electrons. The van der Waals surface area contributed by atoms with Crippen molar-refractivity contribution in [2.24, 2.45) is 0 Å². The molecule has 0 saturated carbocycles. The average Bonchev–Trinajstić information content (AvgIpc) is 3.05. The molecule has 1 aliphatic rings. The number of rotatable bonds is 9. The Hall–Kier alpha value is -3.07. The molecule has 0 amide bonds. The van der Waals surface area contributed by atoms with Crippen LogP contribution in [0.5, 0.6) is 5.75 Å². The monoisotopic (exact) mass is 426 g/mol. The zero-order valence-corrected chi connectivity index (χ0v) is 19.6. The maximum Gasteiger partial charge on any atom is 0.330 e. The summed E-state index contributed by atoms with van der Waals surface area (Å²) < 4.78 is 16.5. The fourth-order valence-electron chi connectivity index (χ4n) is 3.38. The lowest BCUT2D eigenvalue weighted by atomic mass is 9.93. The SMILES string of the molecule is C=C(NC(C)(C)C(NC1=CCc2cc(OCC#CC)ccc21)C(=O)OC)OC(C)(C)C. The topological polar surface area (TPSA) is 68.8 Å². The summed E-state index contributed by atoms with van der Waals surface area (Å²) in [7, 11) is 1.38. The molecular formula is C25H34N2O4. The van der Waals surface area contributed by atoms with E-state index in [1.54, 1.807) is 6.92 Å². The van der Waals surface area contributed by atoms with Gasteiger partial charge in [-0.3, -0.25) is 0 Å². The van der Waals surface area contributed by atoms with E-state index in [1.165, 1.54) is 7.11 Å². The number of hydrogen-bond acceptors (Lipinski definition) is 6. The van der Waals surface area contributed by atoms with Crippen molar-refractivity contribution in [3.05, 3.63) is 47.9 Å². The maximum absolute atomic E-state index is 12.7. The number of benzene rings is 1. The normalized spacial score (nSPS) is 13.7. The molecule has 0 spiro atoms. The van der Waals surface area contributed by atoms with E-state index in [-0.39, 0.29) is 5.97 Å². The average molecular weight is 427 g/mol. The summed E-state index contributed by atoms with van der Waals surface area (Å²) in [6.07, 6.45) is 2.81. The van der Waals surface area contributed by atoms with Crippen LogP contribution in [0.1, 0.15) is 52.7 Å². The third kappa shape index (κ3) is 6.71. The van der Waals surface area contributed by atoms with Gasteiger partial charge in [-0.1, -0.05) is 12.0 Å². The zero-order valence-electron chi connectivity index (χ0n) is 19.6. The van der Waals surface area contributed by atoms with E-state index in [0.717, 1.165) is 29.0 Å². The molecule has 2 N–H and O–H groups in total. The van der Waals surface area contributed by atoms with Gasteiger partial charge in [0.05, 0.1) is 12.6 Å². The van der Waals surface area contributed by atoms with E-state index in [2.05, 4.69) is 35.1 Å². The number of esters is 1. The van der Waals surface area contributed by atoms with Crippen molar-refractivity contribution in [3.8, 4) is 17.6 Å². The highest BCUT2D eigenvalue weighted by Gasteiger charge is 2.38. The first-order valence-electron chi connectivity index (χ1n) is 10.3. The third-order valence-corrected chi connectivity index (χ3v) is 4.73. The molecule has 1 aromatic carbocycles. The van der Waals surface area contributed by atoms with Crippen LogP contribution in [0.25, 0.3) is 5.70 Å². The largest absolute Gasteiger partial charge is 0.481 e. The second-order valence-electron chi connectivity index (χ2n) is 8.94. The molecule has 2 rings (SSSR count). The van der Waals surface area contributed by atoms with Crippen molar-refractivity contribution in [2.75, 3.05) is 13.7 Å². The molecule has 1 aromatic rings. The van der Waals surface area contributed by atoms with Gasteiger partial charge in [0.1, 0.15) is 24.0 Å². The van der Waals surface area contributed by atoms with Crippen LogP contribution < -0.4 is 15.4 Å². The van der Waals surface area contributed by atoms with E-state index in [1.807, 2.05) is 52.8 Å². The van der Waals surface area contributed by atoms with Crippen molar-refractivity contribution >= 4 is 11.7 Å². The van der Waals surface area contributed by atoms with Gasteiger partial charge >= 0.3 is 5.97 Å². The minimum absolute atomic E-state index is 0.360. The van der Waals surface area contributed by atoms with Crippen molar-refractivity contribution in [3.63, 3.8) is 0 Å². The quantitative estimate of drug-likeness (QED) is 0.356. The Morgan fingerprint density at radius 1 is 1.26 bits per heavy atom. The molecule has 0 heterocycles. The second-order valence-corrected chi connectivity index (χ2v) is 8.94. The Morgan fingerprint density at radius 3 is 2.58 bits per heavy atom. The second kappa shape index (κ2) is 9.82. The molecule has 0 aliphatic heterocycles. The van der Waals surface area contributed by atoms with Crippen LogP contribution in [0.4, 0.5) is 0 Å². The van der Waals surface area contributed by atoms with Crippen LogP contribution in [-0.2, 0) is 20.7 Å². The molecule has 0 saturated heterocycles. The number of carbonyl (C=O) groups is 1. The van der Waals surface area contributed by atoms with Crippen LogP contribution in [0, 0.1) is 11.8 Å². The summed E-state index contributed by atoms with van der Waals surface area (Å²) >= 11 is 0. The molecule has 31 heavy (non-hydrogen) atoms. The van der Waals surface area contributed by atoms with Crippen molar-refractivity contribution < 1.29 is 19.0 Å². The highest BCUT2D eigenvalue weighted by atomic mass is 16.5. The number of ether oxygens (including phenoxy) is 3. The van der Waals surface area contributed by atoms with Gasteiger partial charge in [0, 0.05) is 11.3 Å². The Morgan fingerprint density at radius 2 is 1.97 bits per heavy atom. The van der Waals surface area contributed by atoms with Gasteiger partial charge in [0.15, 0.2) is 5.88 Å². The molecule has 6 heteroatoms. The standard InChI is InChI=1S/C25H34N2O4/c1-9-10-15-30-19-12-13-20-18(16-19)11-14-21(20)26-22(23(28)29-8)25(6,7)27-17(2)31-24(3,4)5/h12-14,16,22,26-27H,2,11,15H2,1,3-8H3. The smallest absolute Gasteiger partial charge is 0.330 e. The predicted octanol–water partition coefficient (Wildman–Crippen LogP) is 3.77. The number of hydrogen-bond donors (Lipinski definition) is 2. The summed E-state index contributed by atoms with van der Waals surface area (Å²) in [5.74, 6) is 6.50. The molecule has 0 fully saturated rings. The molecular weight excluding hydrogens is 392 g/mol. The molecule has 1 unspecified atom stereocenters. The Balaban J connectivity index is 2.18. The Bertz CT molecular complexity index is 914. The fourth-order valence-corrected chi connectivity index (χ4v) is 3.38. The first-order chi connectivity index (χ1) is 14.5. The van der Waals surface area contributed by atoms with E-state index >= 15 is 0 Å². The molecule has 0 aromatic heterocycles. The van der Waals surface area contributed by atoms with Crippen LogP contribution in [0.15, 0.2) is 36.7 Å². The van der Waals surface area contributed by atoms with Gasteiger partial charge in [-0.05, 0) is 78.3 Å². The van der Waals surface area contributed by atoms with Crippen molar-refractivity contribution in [1.82, 2.24) is 10.6 Å². The van der Waals surface area contributed by atoms with Crippen LogP contribution in [0.3, 0.4) is 0 Å². The number of nitrogens with one attached hydrogen (secondary N) is 2. The lowest BCUT2D eigenvalue weighted by Crippen LogP contribution is -2.59. The molecule has 6 nitrogen and oxygen atoms in total. The Kier molecular flexibility index (Phi) is 7.67. The lowest BCUT2D eigenvalue weighted by Gasteiger charge is -2.37. The predicted molar refractivity (Wildman–Crippen MR) is 123 cm³/mol. The zero-order chi connectivity index (χ0) is 23.2. The van der Waals surface area contributed by atoms with E-state index in [0.29, 0.717) is 12.5 Å². The number of carbonyl (C=O) groups excluding carboxylic acids is 1. The highest BCUT2D eigenvalue weighted by molar-refractivity contribution is 5.82. The number of fused-ring (bicyclic) bond motifs is 1.